The Bertz CT molecular complexity index is 375. The monoisotopic (exact) mass is 227 g/mol. The largest absolute Gasteiger partial charge is 0.465 e. The number of nitrogens with one attached hydrogen (secondary N) is 2. The number of thiophene rings is 1. The summed E-state index contributed by atoms with van der Waals surface area (Å²) < 4.78 is 0. The summed E-state index contributed by atoms with van der Waals surface area (Å²) in [5.74, 6) is 0.109. The third kappa shape index (κ3) is 3.59. The highest BCUT2D eigenvalue weighted by Gasteiger charge is 2.10. The van der Waals surface area contributed by atoms with Crippen molar-refractivity contribution in [1.29, 1.82) is 5.41 Å². The van der Waals surface area contributed by atoms with Gasteiger partial charge in [-0.2, -0.15) is 0 Å². The molecule has 5 N–H and O–H groups in total. The number of nitrogens with two attached hydrogens (primary N) is 1. The molecule has 1 heterocycles. The molecule has 15 heavy (non-hydrogen) atoms. The summed E-state index contributed by atoms with van der Waals surface area (Å²) in [5.41, 5.74) is 6.21. The van der Waals surface area contributed by atoms with Crippen molar-refractivity contribution in [1.82, 2.24) is 5.32 Å². The molecule has 1 amide bonds. The molecule has 0 bridgehead atoms. The molecule has 1 atom stereocenters. The lowest BCUT2D eigenvalue weighted by Gasteiger charge is -2.07. The van der Waals surface area contributed by atoms with Crippen LogP contribution in [0.25, 0.3) is 0 Å². The Morgan fingerprint density at radius 3 is 3.00 bits per heavy atom. The van der Waals surface area contributed by atoms with Crippen LogP contribution in [-0.2, 0) is 6.42 Å². The van der Waals surface area contributed by atoms with E-state index in [-0.39, 0.29) is 11.9 Å². The van der Waals surface area contributed by atoms with Gasteiger partial charge in [0.15, 0.2) is 0 Å². The molecule has 0 saturated heterocycles. The number of amides is 1. The molecule has 1 rings (SSSR count). The van der Waals surface area contributed by atoms with E-state index in [1.54, 1.807) is 6.92 Å². The van der Waals surface area contributed by atoms with Gasteiger partial charge in [0.25, 0.3) is 0 Å². The average molecular weight is 227 g/mol. The SMILES string of the molecule is CC(NC(=O)O)c1cc(CC(=N)N)cs1. The predicted molar refractivity (Wildman–Crippen MR) is 59.5 cm³/mol. The van der Waals surface area contributed by atoms with Crippen LogP contribution >= 0.6 is 11.3 Å². The van der Waals surface area contributed by atoms with Crippen LogP contribution in [0.2, 0.25) is 0 Å². The minimum absolute atomic E-state index is 0.109. The normalized spacial score (nSPS) is 12.1. The van der Waals surface area contributed by atoms with E-state index in [4.69, 9.17) is 16.2 Å². The third-order valence-electron chi connectivity index (χ3n) is 1.84. The first-order valence-electron chi connectivity index (χ1n) is 4.38. The fraction of sp³-hybridized carbons (Fsp3) is 0.333. The zero-order valence-electron chi connectivity index (χ0n) is 8.28. The van der Waals surface area contributed by atoms with E-state index < -0.39 is 6.09 Å². The van der Waals surface area contributed by atoms with Gasteiger partial charge in [0.2, 0.25) is 0 Å². The van der Waals surface area contributed by atoms with Crippen molar-refractivity contribution < 1.29 is 9.90 Å². The van der Waals surface area contributed by atoms with E-state index in [9.17, 15) is 4.79 Å². The second-order valence-corrected chi connectivity index (χ2v) is 4.17. The maximum absolute atomic E-state index is 10.4. The van der Waals surface area contributed by atoms with Gasteiger partial charge in [0.05, 0.1) is 11.9 Å². The van der Waals surface area contributed by atoms with E-state index in [0.717, 1.165) is 10.4 Å². The van der Waals surface area contributed by atoms with Crippen LogP contribution in [0.3, 0.4) is 0 Å². The van der Waals surface area contributed by atoms with Crippen LogP contribution in [0.15, 0.2) is 11.4 Å². The Morgan fingerprint density at radius 2 is 2.47 bits per heavy atom. The topological polar surface area (TPSA) is 99.2 Å². The summed E-state index contributed by atoms with van der Waals surface area (Å²) in [5, 5.41) is 19.9. The summed E-state index contributed by atoms with van der Waals surface area (Å²) in [6.45, 7) is 1.78. The van der Waals surface area contributed by atoms with Crippen LogP contribution in [0.1, 0.15) is 23.4 Å². The second-order valence-electron chi connectivity index (χ2n) is 3.23. The fourth-order valence-corrected chi connectivity index (χ4v) is 2.11. The highest BCUT2D eigenvalue weighted by atomic mass is 32.1. The van der Waals surface area contributed by atoms with Crippen LogP contribution in [0.4, 0.5) is 4.79 Å². The van der Waals surface area contributed by atoms with Gasteiger partial charge in [-0.05, 0) is 23.9 Å². The molecule has 5 nitrogen and oxygen atoms in total. The van der Waals surface area contributed by atoms with Gasteiger partial charge in [-0.25, -0.2) is 4.79 Å². The van der Waals surface area contributed by atoms with Gasteiger partial charge in [0, 0.05) is 11.3 Å². The molecule has 0 aromatic carbocycles. The van der Waals surface area contributed by atoms with Crippen molar-refractivity contribution in [3.63, 3.8) is 0 Å². The Balaban J connectivity index is 2.66. The van der Waals surface area contributed by atoms with Gasteiger partial charge in [-0.3, -0.25) is 5.41 Å². The highest BCUT2D eigenvalue weighted by molar-refractivity contribution is 7.10. The Hall–Kier alpha value is -1.56. The molecule has 0 aliphatic rings. The summed E-state index contributed by atoms with van der Waals surface area (Å²) in [6, 6.07) is 1.64. The molecule has 0 spiro atoms. The third-order valence-corrected chi connectivity index (χ3v) is 3.00. The standard InChI is InChI=1S/C9H13N3O2S/c1-5(12-9(13)14)7-2-6(4-15-7)3-8(10)11/h2,4-5,12H,3H2,1H3,(H3,10,11)(H,13,14). The van der Waals surface area contributed by atoms with Gasteiger partial charge in [0.1, 0.15) is 0 Å². The maximum Gasteiger partial charge on any atom is 0.405 e. The molecular formula is C9H13N3O2S. The van der Waals surface area contributed by atoms with Crippen molar-refractivity contribution in [2.45, 2.75) is 19.4 Å². The zero-order chi connectivity index (χ0) is 11.4. The molecule has 0 aliphatic heterocycles. The number of hydrogen-bond donors (Lipinski definition) is 4. The van der Waals surface area contributed by atoms with Crippen molar-refractivity contribution >= 4 is 23.3 Å². The quantitative estimate of drug-likeness (QED) is 0.464. The van der Waals surface area contributed by atoms with Crippen LogP contribution in [0, 0.1) is 5.41 Å². The summed E-state index contributed by atoms with van der Waals surface area (Å²) in [7, 11) is 0. The van der Waals surface area contributed by atoms with Crippen LogP contribution in [0.5, 0.6) is 0 Å². The van der Waals surface area contributed by atoms with Gasteiger partial charge in [-0.15, -0.1) is 11.3 Å². The van der Waals surface area contributed by atoms with Crippen molar-refractivity contribution in [3.8, 4) is 0 Å². The number of hydrogen-bond acceptors (Lipinski definition) is 3. The molecule has 82 valence electrons. The van der Waals surface area contributed by atoms with Crippen molar-refractivity contribution in [2.24, 2.45) is 5.73 Å². The summed E-state index contributed by atoms with van der Waals surface area (Å²) >= 11 is 1.46. The Morgan fingerprint density at radius 1 is 1.80 bits per heavy atom. The molecular weight excluding hydrogens is 214 g/mol. The minimum Gasteiger partial charge on any atom is -0.465 e. The first-order valence-corrected chi connectivity index (χ1v) is 5.26. The number of carboxylic acid groups (broad SMARTS) is 1. The van der Waals surface area contributed by atoms with Gasteiger partial charge in [-0.1, -0.05) is 0 Å². The first kappa shape index (κ1) is 11.5. The van der Waals surface area contributed by atoms with Crippen molar-refractivity contribution in [2.75, 3.05) is 0 Å². The molecule has 1 aromatic rings. The highest BCUT2D eigenvalue weighted by Crippen LogP contribution is 2.22. The molecule has 0 radical (unpaired) electrons. The van der Waals surface area contributed by atoms with E-state index in [1.165, 1.54) is 11.3 Å². The molecule has 1 unspecified atom stereocenters. The second kappa shape index (κ2) is 4.79. The van der Waals surface area contributed by atoms with E-state index in [1.807, 2.05) is 11.4 Å². The first-order chi connectivity index (χ1) is 6.99. The number of rotatable bonds is 4. The van der Waals surface area contributed by atoms with Gasteiger partial charge >= 0.3 is 6.09 Å². The molecule has 0 aliphatic carbocycles. The molecule has 6 heteroatoms. The fourth-order valence-electron chi connectivity index (χ4n) is 1.19. The Labute approximate surface area is 91.4 Å². The van der Waals surface area contributed by atoms with Gasteiger partial charge < -0.3 is 16.2 Å². The van der Waals surface area contributed by atoms with E-state index in [0.29, 0.717) is 6.42 Å². The lowest BCUT2D eigenvalue weighted by atomic mass is 10.2. The van der Waals surface area contributed by atoms with E-state index >= 15 is 0 Å². The lowest BCUT2D eigenvalue weighted by Crippen LogP contribution is -2.23. The number of carbonyl (C=O) groups is 1. The maximum atomic E-state index is 10.4. The average Bonchev–Trinajstić information content (AvgIpc) is 2.50. The molecule has 1 aromatic heterocycles. The summed E-state index contributed by atoms with van der Waals surface area (Å²) in [4.78, 5) is 11.3. The van der Waals surface area contributed by atoms with Crippen LogP contribution < -0.4 is 11.1 Å². The molecule has 0 fully saturated rings. The van der Waals surface area contributed by atoms with Crippen LogP contribution in [-0.4, -0.2) is 17.0 Å². The Kier molecular flexibility index (Phi) is 3.68. The minimum atomic E-state index is -1.04. The predicted octanol–water partition coefficient (Wildman–Crippen LogP) is 1.56. The zero-order valence-corrected chi connectivity index (χ0v) is 9.10. The molecule has 0 saturated carbocycles. The van der Waals surface area contributed by atoms with E-state index in [2.05, 4.69) is 5.32 Å². The smallest absolute Gasteiger partial charge is 0.405 e. The van der Waals surface area contributed by atoms with Crippen molar-refractivity contribution in [3.05, 3.63) is 21.9 Å². The summed E-state index contributed by atoms with van der Waals surface area (Å²) in [6.07, 6.45) is -0.625. The lowest BCUT2D eigenvalue weighted by molar-refractivity contribution is 0.191. The number of amidine groups is 1.